The van der Waals surface area contributed by atoms with E-state index in [0.29, 0.717) is 25.2 Å². The van der Waals surface area contributed by atoms with Crippen molar-refractivity contribution in [3.63, 3.8) is 0 Å². The van der Waals surface area contributed by atoms with Crippen LogP contribution in [0.5, 0.6) is 0 Å². The Bertz CT molecular complexity index is 570. The van der Waals surface area contributed by atoms with Crippen molar-refractivity contribution in [1.29, 1.82) is 0 Å². The third-order valence-electron chi connectivity index (χ3n) is 5.79. The number of amides is 1. The van der Waals surface area contributed by atoms with Gasteiger partial charge in [0.1, 0.15) is 5.82 Å². The highest BCUT2D eigenvalue weighted by Gasteiger charge is 2.34. The summed E-state index contributed by atoms with van der Waals surface area (Å²) in [6, 6.07) is 6.89. The second-order valence-electron chi connectivity index (χ2n) is 7.49. The minimum atomic E-state index is -0.318. The second kappa shape index (κ2) is 8.28. The van der Waals surface area contributed by atoms with Gasteiger partial charge in [0.05, 0.1) is 6.54 Å². The molecule has 5 heteroatoms. The van der Waals surface area contributed by atoms with Gasteiger partial charge in [-0.25, -0.2) is 4.39 Å². The van der Waals surface area contributed by atoms with Gasteiger partial charge in [-0.2, -0.15) is 0 Å². The summed E-state index contributed by atoms with van der Waals surface area (Å²) in [6.07, 6.45) is 6.29. The Kier molecular flexibility index (Phi) is 6.07. The molecule has 2 aliphatic rings. The molecule has 138 valence electrons. The smallest absolute Gasteiger partial charge is 0.234 e. The van der Waals surface area contributed by atoms with E-state index >= 15 is 0 Å². The van der Waals surface area contributed by atoms with E-state index in [9.17, 15) is 9.18 Å². The summed E-state index contributed by atoms with van der Waals surface area (Å²) in [5.74, 6) is 0.355. The van der Waals surface area contributed by atoms with Crippen molar-refractivity contribution in [1.82, 2.24) is 10.6 Å². The number of carbonyl (C=O) groups is 1. The maximum Gasteiger partial charge on any atom is 0.234 e. The average Bonchev–Trinajstić information content (AvgIpc) is 2.63. The number of rotatable bonds is 5. The molecule has 0 bridgehead atoms. The van der Waals surface area contributed by atoms with Crippen molar-refractivity contribution in [2.45, 2.75) is 57.0 Å². The molecule has 1 amide bonds. The highest BCUT2D eigenvalue weighted by atomic mass is 19.1. The maximum atomic E-state index is 13.3. The zero-order valence-corrected chi connectivity index (χ0v) is 15.0. The molecule has 1 aromatic rings. The number of hydrogen-bond donors (Lipinski definition) is 2. The monoisotopic (exact) mass is 348 g/mol. The zero-order valence-electron chi connectivity index (χ0n) is 15.0. The number of hydrogen-bond acceptors (Lipinski definition) is 3. The Labute approximate surface area is 149 Å². The average molecular weight is 348 g/mol. The van der Waals surface area contributed by atoms with E-state index in [1.807, 2.05) is 12.1 Å². The van der Waals surface area contributed by atoms with E-state index in [-0.39, 0.29) is 23.8 Å². The van der Waals surface area contributed by atoms with Crippen LogP contribution in [0.15, 0.2) is 24.3 Å². The fourth-order valence-corrected chi connectivity index (χ4v) is 4.09. The lowest BCUT2D eigenvalue weighted by Crippen LogP contribution is -2.52. The quantitative estimate of drug-likeness (QED) is 0.860. The standard InChI is InChI=1S/C20H29FN2O2/c1-15-4-2-3-5-18(15)23-19(24)14-22-20(10-12-25-13-11-20)16-6-8-17(21)9-7-16/h6-9,15,18,22H,2-5,10-14H2,1H3,(H,23,24). The van der Waals surface area contributed by atoms with Gasteiger partial charge < -0.3 is 10.1 Å². The molecule has 1 aliphatic carbocycles. The molecule has 1 saturated heterocycles. The minimum absolute atomic E-state index is 0.0479. The minimum Gasteiger partial charge on any atom is -0.381 e. The molecule has 2 unspecified atom stereocenters. The van der Waals surface area contributed by atoms with E-state index in [0.717, 1.165) is 24.8 Å². The normalized spacial score (nSPS) is 26.2. The predicted octanol–water partition coefficient (Wildman–Crippen LogP) is 3.12. The van der Waals surface area contributed by atoms with Crippen LogP contribution in [-0.2, 0) is 15.1 Å². The van der Waals surface area contributed by atoms with Crippen molar-refractivity contribution in [3.05, 3.63) is 35.6 Å². The number of carbonyl (C=O) groups excluding carboxylic acids is 1. The zero-order chi connectivity index (χ0) is 17.7. The molecule has 4 nitrogen and oxygen atoms in total. The Morgan fingerprint density at radius 3 is 2.56 bits per heavy atom. The topological polar surface area (TPSA) is 50.4 Å². The van der Waals surface area contributed by atoms with Crippen molar-refractivity contribution < 1.29 is 13.9 Å². The van der Waals surface area contributed by atoms with Crippen molar-refractivity contribution in [2.24, 2.45) is 5.92 Å². The van der Waals surface area contributed by atoms with Crippen molar-refractivity contribution >= 4 is 5.91 Å². The highest BCUT2D eigenvalue weighted by Crippen LogP contribution is 2.32. The number of nitrogens with one attached hydrogen (secondary N) is 2. The molecule has 1 heterocycles. The van der Waals surface area contributed by atoms with Gasteiger partial charge in [-0.05, 0) is 49.3 Å². The summed E-state index contributed by atoms with van der Waals surface area (Å²) in [4.78, 5) is 12.5. The first-order chi connectivity index (χ1) is 12.1. The Hall–Kier alpha value is -1.46. The van der Waals surface area contributed by atoms with Crippen LogP contribution in [0.4, 0.5) is 4.39 Å². The van der Waals surface area contributed by atoms with E-state index in [1.165, 1.54) is 31.4 Å². The van der Waals surface area contributed by atoms with Crippen LogP contribution in [0.3, 0.4) is 0 Å². The van der Waals surface area contributed by atoms with Crippen molar-refractivity contribution in [2.75, 3.05) is 19.8 Å². The molecule has 1 aromatic carbocycles. The summed E-state index contributed by atoms with van der Waals surface area (Å²) in [6.45, 7) is 3.79. The van der Waals surface area contributed by atoms with Crippen LogP contribution in [0.1, 0.15) is 51.0 Å². The van der Waals surface area contributed by atoms with Gasteiger partial charge >= 0.3 is 0 Å². The Morgan fingerprint density at radius 2 is 1.88 bits per heavy atom. The summed E-state index contributed by atoms with van der Waals surface area (Å²) < 4.78 is 18.8. The molecule has 2 N–H and O–H groups in total. The lowest BCUT2D eigenvalue weighted by Gasteiger charge is -2.39. The molecule has 0 aromatic heterocycles. The molecule has 2 fully saturated rings. The molecular formula is C20H29FN2O2. The molecule has 2 atom stereocenters. The summed E-state index contributed by atoms with van der Waals surface area (Å²) in [5.41, 5.74) is 0.706. The highest BCUT2D eigenvalue weighted by molar-refractivity contribution is 5.78. The summed E-state index contributed by atoms with van der Waals surface area (Å²) >= 11 is 0. The van der Waals surface area contributed by atoms with Crippen LogP contribution in [0.25, 0.3) is 0 Å². The second-order valence-corrected chi connectivity index (χ2v) is 7.49. The van der Waals surface area contributed by atoms with Crippen LogP contribution in [0.2, 0.25) is 0 Å². The van der Waals surface area contributed by atoms with E-state index in [4.69, 9.17) is 4.74 Å². The fourth-order valence-electron chi connectivity index (χ4n) is 4.09. The number of ether oxygens (including phenoxy) is 1. The molecular weight excluding hydrogens is 319 g/mol. The first-order valence-corrected chi connectivity index (χ1v) is 9.47. The first-order valence-electron chi connectivity index (χ1n) is 9.47. The largest absolute Gasteiger partial charge is 0.381 e. The molecule has 1 aliphatic heterocycles. The van der Waals surface area contributed by atoms with E-state index < -0.39 is 0 Å². The molecule has 3 rings (SSSR count). The van der Waals surface area contributed by atoms with Crippen molar-refractivity contribution in [3.8, 4) is 0 Å². The Morgan fingerprint density at radius 1 is 1.20 bits per heavy atom. The van der Waals surface area contributed by atoms with E-state index in [1.54, 1.807) is 0 Å². The van der Waals surface area contributed by atoms with Crippen LogP contribution >= 0.6 is 0 Å². The number of halogens is 1. The van der Waals surface area contributed by atoms with Crippen LogP contribution < -0.4 is 10.6 Å². The third-order valence-corrected chi connectivity index (χ3v) is 5.79. The first kappa shape index (κ1) is 18.3. The summed E-state index contributed by atoms with van der Waals surface area (Å²) in [7, 11) is 0. The van der Waals surface area contributed by atoms with Gasteiger partial charge in [0.2, 0.25) is 5.91 Å². The molecule has 25 heavy (non-hydrogen) atoms. The lowest BCUT2D eigenvalue weighted by atomic mass is 9.82. The molecule has 1 saturated carbocycles. The van der Waals surface area contributed by atoms with Gasteiger partial charge in [0, 0.05) is 24.8 Å². The Balaban J connectivity index is 1.62. The van der Waals surface area contributed by atoms with Gasteiger partial charge in [0.25, 0.3) is 0 Å². The van der Waals surface area contributed by atoms with Gasteiger partial charge in [0.15, 0.2) is 0 Å². The summed E-state index contributed by atoms with van der Waals surface area (Å²) in [5, 5.41) is 6.65. The van der Waals surface area contributed by atoms with Gasteiger partial charge in [-0.15, -0.1) is 0 Å². The predicted molar refractivity (Wildman–Crippen MR) is 95.7 cm³/mol. The van der Waals surface area contributed by atoms with Crippen LogP contribution in [0, 0.1) is 11.7 Å². The fraction of sp³-hybridized carbons (Fsp3) is 0.650. The van der Waals surface area contributed by atoms with Gasteiger partial charge in [-0.3, -0.25) is 10.1 Å². The third kappa shape index (κ3) is 4.59. The van der Waals surface area contributed by atoms with E-state index in [2.05, 4.69) is 17.6 Å². The molecule has 0 radical (unpaired) electrons. The van der Waals surface area contributed by atoms with Gasteiger partial charge in [-0.1, -0.05) is 31.9 Å². The SMILES string of the molecule is CC1CCCCC1NC(=O)CNC1(c2ccc(F)cc2)CCOCC1. The number of benzene rings is 1. The molecule has 0 spiro atoms. The van der Waals surface area contributed by atoms with Crippen LogP contribution in [-0.4, -0.2) is 31.7 Å². The maximum absolute atomic E-state index is 13.3. The lowest BCUT2D eigenvalue weighted by molar-refractivity contribution is -0.122.